The number of ether oxygens (including phenoxy) is 1. The summed E-state index contributed by atoms with van der Waals surface area (Å²) in [6, 6.07) is 14.9. The normalized spacial score (nSPS) is 19.9. The fourth-order valence-electron chi connectivity index (χ4n) is 4.86. The van der Waals surface area contributed by atoms with E-state index in [9.17, 15) is 13.2 Å². The average molecular weight is 510 g/mol. The van der Waals surface area contributed by atoms with Crippen molar-refractivity contribution in [3.8, 4) is 17.0 Å². The third-order valence-corrected chi connectivity index (χ3v) is 8.72. The molecule has 5 rings (SSSR count). The Morgan fingerprint density at radius 1 is 1.08 bits per heavy atom. The van der Waals surface area contributed by atoms with E-state index in [1.54, 1.807) is 17.9 Å². The van der Waals surface area contributed by atoms with E-state index >= 15 is 0 Å². The number of hydrogen-bond acceptors (Lipinski definition) is 7. The van der Waals surface area contributed by atoms with Crippen LogP contribution in [0.1, 0.15) is 28.6 Å². The monoisotopic (exact) mass is 509 g/mol. The van der Waals surface area contributed by atoms with Gasteiger partial charge in [0.15, 0.2) is 9.84 Å². The van der Waals surface area contributed by atoms with Crippen LogP contribution in [0.4, 0.5) is 0 Å². The van der Waals surface area contributed by atoms with Crippen molar-refractivity contribution in [2.75, 3.05) is 51.3 Å². The Labute approximate surface area is 211 Å². The molecular weight excluding hydrogens is 478 g/mol. The van der Waals surface area contributed by atoms with Crippen molar-refractivity contribution in [2.24, 2.45) is 0 Å². The van der Waals surface area contributed by atoms with Crippen molar-refractivity contribution in [1.82, 2.24) is 24.6 Å². The van der Waals surface area contributed by atoms with Crippen molar-refractivity contribution in [3.63, 3.8) is 0 Å². The molecule has 0 radical (unpaired) electrons. The van der Waals surface area contributed by atoms with Crippen LogP contribution in [0.15, 0.2) is 54.7 Å². The molecule has 0 bridgehead atoms. The molecule has 0 saturated carbocycles. The number of sulfone groups is 1. The Morgan fingerprint density at radius 2 is 1.86 bits per heavy atom. The number of methoxy groups -OCH3 is 1. The van der Waals surface area contributed by atoms with Gasteiger partial charge in [-0.25, -0.2) is 8.42 Å². The summed E-state index contributed by atoms with van der Waals surface area (Å²) in [4.78, 5) is 22.2. The minimum atomic E-state index is -3.13. The molecule has 0 spiro atoms. The molecular formula is C26H31N5O4S. The molecule has 2 saturated heterocycles. The van der Waals surface area contributed by atoms with Crippen molar-refractivity contribution in [3.05, 3.63) is 66.1 Å². The summed E-state index contributed by atoms with van der Waals surface area (Å²) in [5.74, 6) is 0.768. The molecule has 36 heavy (non-hydrogen) atoms. The number of aromatic nitrogens is 3. The summed E-state index contributed by atoms with van der Waals surface area (Å²) in [6.07, 6.45) is 3.15. The Hall–Kier alpha value is -3.24. The Morgan fingerprint density at radius 3 is 2.50 bits per heavy atom. The van der Waals surface area contributed by atoms with Crippen molar-refractivity contribution in [1.29, 1.82) is 0 Å². The van der Waals surface area contributed by atoms with Crippen LogP contribution in [0.2, 0.25) is 0 Å². The summed E-state index contributed by atoms with van der Waals surface area (Å²) in [5.41, 5.74) is 3.02. The van der Waals surface area contributed by atoms with E-state index in [1.807, 2.05) is 53.6 Å². The Balaban J connectivity index is 1.32. The van der Waals surface area contributed by atoms with E-state index in [2.05, 4.69) is 9.88 Å². The molecule has 1 amide bonds. The first-order valence-electron chi connectivity index (χ1n) is 12.3. The third-order valence-electron chi connectivity index (χ3n) is 6.96. The molecule has 0 aliphatic carbocycles. The molecule has 190 valence electrons. The molecule has 0 unspecified atom stereocenters. The molecule has 2 fully saturated rings. The van der Waals surface area contributed by atoms with E-state index in [4.69, 9.17) is 9.84 Å². The number of pyridine rings is 1. The number of carbonyl (C=O) groups excluding carboxylic acids is 1. The molecule has 2 aromatic heterocycles. The second kappa shape index (κ2) is 10.4. The first-order valence-corrected chi connectivity index (χ1v) is 14.1. The summed E-state index contributed by atoms with van der Waals surface area (Å²) in [7, 11) is -1.52. The van der Waals surface area contributed by atoms with E-state index in [1.165, 1.54) is 0 Å². The van der Waals surface area contributed by atoms with Gasteiger partial charge in [0.1, 0.15) is 11.4 Å². The van der Waals surface area contributed by atoms with Crippen molar-refractivity contribution in [2.45, 2.75) is 18.9 Å². The predicted molar refractivity (Wildman–Crippen MR) is 137 cm³/mol. The molecule has 1 atom stereocenters. The van der Waals surface area contributed by atoms with Crippen molar-refractivity contribution >= 4 is 15.7 Å². The molecule has 10 heteroatoms. The Bertz CT molecular complexity index is 1300. The van der Waals surface area contributed by atoms with Crippen LogP contribution in [0, 0.1) is 0 Å². The maximum atomic E-state index is 13.6. The van der Waals surface area contributed by atoms with Crippen LogP contribution in [-0.4, -0.2) is 90.2 Å². The fraction of sp³-hybridized carbons (Fsp3) is 0.423. The lowest BCUT2D eigenvalue weighted by Crippen LogP contribution is -2.49. The van der Waals surface area contributed by atoms with Crippen LogP contribution < -0.4 is 4.74 Å². The van der Waals surface area contributed by atoms with Crippen molar-refractivity contribution < 1.29 is 17.9 Å². The lowest BCUT2D eigenvalue weighted by atomic mass is 10.1. The van der Waals surface area contributed by atoms with Gasteiger partial charge in [-0.05, 0) is 48.9 Å². The zero-order valence-electron chi connectivity index (χ0n) is 20.4. The highest BCUT2D eigenvalue weighted by Gasteiger charge is 2.34. The van der Waals surface area contributed by atoms with E-state index in [0.29, 0.717) is 30.9 Å². The zero-order chi connectivity index (χ0) is 25.1. The van der Waals surface area contributed by atoms with Gasteiger partial charge in [0, 0.05) is 56.6 Å². The van der Waals surface area contributed by atoms with Gasteiger partial charge in [-0.2, -0.15) is 5.10 Å². The molecule has 9 nitrogen and oxygen atoms in total. The van der Waals surface area contributed by atoms with Gasteiger partial charge in [0.05, 0.1) is 30.4 Å². The number of carbonyl (C=O) groups is 1. The lowest BCUT2D eigenvalue weighted by molar-refractivity contribution is 0.0624. The quantitative estimate of drug-likeness (QED) is 0.482. The molecule has 0 N–H and O–H groups in total. The summed E-state index contributed by atoms with van der Waals surface area (Å²) < 4.78 is 31.3. The summed E-state index contributed by atoms with van der Waals surface area (Å²) in [5, 5.41) is 4.72. The number of hydrogen-bond donors (Lipinski definition) is 0. The van der Waals surface area contributed by atoms with Crippen LogP contribution in [-0.2, 0) is 16.3 Å². The average Bonchev–Trinajstić information content (AvgIpc) is 3.51. The highest BCUT2D eigenvalue weighted by atomic mass is 32.2. The minimum absolute atomic E-state index is 0.0122. The number of benzene rings is 1. The molecule has 2 aliphatic rings. The molecule has 3 aromatic rings. The number of rotatable bonds is 7. The standard InChI is InChI=1S/C26H31N5O4S/c1-35-23-7-5-20(6-8-23)24-18-25(31(28-24)22-10-17-36(33,34)19-22)26(32)30-15-13-29(14-16-30)12-9-21-4-2-3-11-27-21/h2-8,11,18,22H,9-10,12-17,19H2,1H3/t22-/m0/s1. The van der Waals surface area contributed by atoms with Gasteiger partial charge in [-0.3, -0.25) is 19.4 Å². The molecule has 2 aliphatic heterocycles. The maximum Gasteiger partial charge on any atom is 0.272 e. The Kier molecular flexibility index (Phi) is 7.06. The van der Waals surface area contributed by atoms with Crippen LogP contribution in [0.25, 0.3) is 11.3 Å². The molecule has 1 aromatic carbocycles. The first kappa shape index (κ1) is 24.5. The van der Waals surface area contributed by atoms with Gasteiger partial charge >= 0.3 is 0 Å². The maximum absolute atomic E-state index is 13.6. The van der Waals surface area contributed by atoms with Gasteiger partial charge in [-0.15, -0.1) is 0 Å². The highest BCUT2D eigenvalue weighted by molar-refractivity contribution is 7.91. The largest absolute Gasteiger partial charge is 0.497 e. The van der Waals surface area contributed by atoms with Crippen LogP contribution >= 0.6 is 0 Å². The molecule has 4 heterocycles. The SMILES string of the molecule is COc1ccc(-c2cc(C(=O)N3CCN(CCc4ccccn4)CC3)n([C@H]3CCS(=O)(=O)C3)n2)cc1. The summed E-state index contributed by atoms with van der Waals surface area (Å²) >= 11 is 0. The minimum Gasteiger partial charge on any atom is -0.497 e. The topological polar surface area (TPSA) is 97.6 Å². The highest BCUT2D eigenvalue weighted by Crippen LogP contribution is 2.29. The summed E-state index contributed by atoms with van der Waals surface area (Å²) in [6.45, 7) is 3.71. The number of piperazine rings is 1. The van der Waals surface area contributed by atoms with E-state index < -0.39 is 9.84 Å². The van der Waals surface area contributed by atoms with Crippen LogP contribution in [0.5, 0.6) is 5.75 Å². The van der Waals surface area contributed by atoms with E-state index in [0.717, 1.165) is 43.1 Å². The predicted octanol–water partition coefficient (Wildman–Crippen LogP) is 2.31. The fourth-order valence-corrected chi connectivity index (χ4v) is 6.55. The third kappa shape index (κ3) is 5.44. The number of amides is 1. The van der Waals surface area contributed by atoms with Crippen LogP contribution in [0.3, 0.4) is 0 Å². The second-order valence-corrected chi connectivity index (χ2v) is 11.6. The second-order valence-electron chi connectivity index (χ2n) is 9.35. The smallest absolute Gasteiger partial charge is 0.272 e. The zero-order valence-corrected chi connectivity index (χ0v) is 21.2. The van der Waals surface area contributed by atoms with Gasteiger partial charge in [0.25, 0.3) is 5.91 Å². The van der Waals surface area contributed by atoms with Gasteiger partial charge < -0.3 is 9.64 Å². The van der Waals surface area contributed by atoms with Gasteiger partial charge in [-0.1, -0.05) is 6.07 Å². The lowest BCUT2D eigenvalue weighted by Gasteiger charge is -2.34. The van der Waals surface area contributed by atoms with E-state index in [-0.39, 0.29) is 23.5 Å². The van der Waals surface area contributed by atoms with Gasteiger partial charge in [0.2, 0.25) is 0 Å². The number of nitrogens with zero attached hydrogens (tertiary/aromatic N) is 5. The first-order chi connectivity index (χ1) is 17.4.